The fraction of sp³-hybridized carbons (Fsp3) is 0.667. The van der Waals surface area contributed by atoms with Gasteiger partial charge in [-0.05, 0) is 103 Å². The van der Waals surface area contributed by atoms with Gasteiger partial charge in [-0.3, -0.25) is 14.4 Å². The van der Waals surface area contributed by atoms with Gasteiger partial charge in [0.25, 0.3) is 5.91 Å². The molecule has 0 spiro atoms. The number of ether oxygens (including phenoxy) is 2. The monoisotopic (exact) mass is 559 g/mol. The van der Waals surface area contributed by atoms with Crippen molar-refractivity contribution in [2.24, 2.45) is 17.6 Å². The first-order valence-corrected chi connectivity index (χ1v) is 14.1. The Kier molecular flexibility index (Phi) is 9.87. The first kappa shape index (κ1) is 31.4. The van der Waals surface area contributed by atoms with E-state index >= 15 is 0 Å². The van der Waals surface area contributed by atoms with Gasteiger partial charge in [-0.2, -0.15) is 0 Å². The van der Waals surface area contributed by atoms with Crippen molar-refractivity contribution in [3.63, 3.8) is 0 Å². The molecule has 0 radical (unpaired) electrons. The van der Waals surface area contributed by atoms with E-state index in [0.717, 1.165) is 30.4 Å². The van der Waals surface area contributed by atoms with Crippen LogP contribution in [0.5, 0.6) is 0 Å². The molecule has 3 amide bonds. The van der Waals surface area contributed by atoms with Crippen molar-refractivity contribution in [2.45, 2.75) is 110 Å². The van der Waals surface area contributed by atoms with Crippen LogP contribution in [0.2, 0.25) is 0 Å². The quantitative estimate of drug-likeness (QED) is 0.392. The second-order valence-electron chi connectivity index (χ2n) is 13.0. The van der Waals surface area contributed by atoms with Gasteiger partial charge in [-0.25, -0.2) is 4.79 Å². The maximum atomic E-state index is 13.2. The highest BCUT2D eigenvalue weighted by Gasteiger charge is 2.37. The Morgan fingerprint density at radius 1 is 1.10 bits per heavy atom. The third kappa shape index (κ3) is 8.68. The number of alkyl carbamates (subject to hydrolysis) is 1. The third-order valence-corrected chi connectivity index (χ3v) is 7.30. The summed E-state index contributed by atoms with van der Waals surface area (Å²) < 4.78 is 10.8. The molecule has 0 aromatic heterocycles. The number of carbonyl (C=O) groups excluding carboxylic acids is 4. The molecule has 222 valence electrons. The molecule has 10 nitrogen and oxygen atoms in total. The summed E-state index contributed by atoms with van der Waals surface area (Å²) in [6, 6.07) is 4.60. The Bertz CT molecular complexity index is 1110. The topological polar surface area (TPSA) is 148 Å². The van der Waals surface area contributed by atoms with E-state index < -0.39 is 35.2 Å². The summed E-state index contributed by atoms with van der Waals surface area (Å²) in [4.78, 5) is 51.6. The van der Waals surface area contributed by atoms with Crippen molar-refractivity contribution in [3.05, 3.63) is 34.9 Å². The van der Waals surface area contributed by atoms with E-state index in [1.807, 2.05) is 32.9 Å². The van der Waals surface area contributed by atoms with E-state index in [-0.39, 0.29) is 49.8 Å². The smallest absolute Gasteiger partial charge is 0.407 e. The van der Waals surface area contributed by atoms with Gasteiger partial charge >= 0.3 is 12.1 Å². The highest BCUT2D eigenvalue weighted by molar-refractivity contribution is 6.01. The molecule has 4 N–H and O–H groups in total. The van der Waals surface area contributed by atoms with Crippen molar-refractivity contribution < 1.29 is 33.8 Å². The van der Waals surface area contributed by atoms with Gasteiger partial charge in [0.2, 0.25) is 5.91 Å². The molecule has 0 saturated heterocycles. The van der Waals surface area contributed by atoms with Crippen molar-refractivity contribution in [1.82, 2.24) is 10.2 Å². The fourth-order valence-electron chi connectivity index (χ4n) is 5.58. The van der Waals surface area contributed by atoms with Crippen LogP contribution in [-0.2, 0) is 32.0 Å². The van der Waals surface area contributed by atoms with Gasteiger partial charge in [-0.15, -0.1) is 0 Å². The molecular formula is C30H45N3O7. The molecule has 1 unspecified atom stereocenters. The molecule has 1 aromatic carbocycles. The number of primary amides is 1. The van der Waals surface area contributed by atoms with Gasteiger partial charge in [0.1, 0.15) is 17.2 Å². The average Bonchev–Trinajstić information content (AvgIpc) is 3.13. The molecule has 1 fully saturated rings. The molecule has 1 heterocycles. The lowest BCUT2D eigenvalue weighted by Crippen LogP contribution is -2.46. The molecule has 0 bridgehead atoms. The number of esters is 1. The molecule has 40 heavy (non-hydrogen) atoms. The highest BCUT2D eigenvalue weighted by atomic mass is 16.6. The van der Waals surface area contributed by atoms with Gasteiger partial charge < -0.3 is 30.5 Å². The second kappa shape index (κ2) is 12.6. The summed E-state index contributed by atoms with van der Waals surface area (Å²) in [5.74, 6) is -1.17. The molecule has 1 aliphatic carbocycles. The lowest BCUT2D eigenvalue weighted by Gasteiger charge is -2.36. The fourth-order valence-corrected chi connectivity index (χ4v) is 5.58. The predicted molar refractivity (Wildman–Crippen MR) is 149 cm³/mol. The first-order chi connectivity index (χ1) is 18.6. The zero-order valence-corrected chi connectivity index (χ0v) is 24.6. The maximum absolute atomic E-state index is 13.2. The zero-order chi connectivity index (χ0) is 29.8. The number of aliphatic hydroxyl groups excluding tert-OH is 1. The molecule has 2 aliphatic rings. The van der Waals surface area contributed by atoms with Crippen molar-refractivity contribution in [2.75, 3.05) is 6.61 Å². The number of rotatable bonds is 9. The zero-order valence-electron chi connectivity index (χ0n) is 24.6. The summed E-state index contributed by atoms with van der Waals surface area (Å²) in [5.41, 5.74) is 6.70. The third-order valence-electron chi connectivity index (χ3n) is 7.30. The first-order valence-electron chi connectivity index (χ1n) is 14.1. The number of nitrogens with one attached hydrogen (secondary N) is 1. The van der Waals surface area contributed by atoms with Crippen LogP contribution in [-0.4, -0.2) is 63.8 Å². The standard InChI is InChI=1S/C30H45N3O7/c1-29(2,3)39-25(35)12-11-24(26(31)36)33-16-21-14-18(7-9-22(21)27(33)37)13-20-15-19(17-34)8-10-23(20)32-28(38)40-30(4,5)6/h7,9,14,19-20,23-24,34H,8,10-13,15-17H2,1-6H3,(H2,31,36)(H,32,38)/t19?,20-,23-,24-/m0/s1. The second-order valence-corrected chi connectivity index (χ2v) is 13.0. The normalized spacial score (nSPS) is 21.9. The van der Waals surface area contributed by atoms with Crippen LogP contribution in [0.25, 0.3) is 0 Å². The summed E-state index contributed by atoms with van der Waals surface area (Å²) >= 11 is 0. The Morgan fingerprint density at radius 2 is 1.77 bits per heavy atom. The van der Waals surface area contributed by atoms with Crippen LogP contribution in [0.3, 0.4) is 0 Å². The highest BCUT2D eigenvalue weighted by Crippen LogP contribution is 2.34. The minimum Gasteiger partial charge on any atom is -0.460 e. The van der Waals surface area contributed by atoms with Crippen molar-refractivity contribution in [1.29, 1.82) is 0 Å². The molecule has 1 saturated carbocycles. The number of hydrogen-bond acceptors (Lipinski definition) is 7. The summed E-state index contributed by atoms with van der Waals surface area (Å²) in [7, 11) is 0. The number of fused-ring (bicyclic) bond motifs is 1. The number of nitrogens with zero attached hydrogens (tertiary/aromatic N) is 1. The number of benzene rings is 1. The Hall–Kier alpha value is -3.14. The number of nitrogens with two attached hydrogens (primary N) is 1. The van der Waals surface area contributed by atoms with Gasteiger partial charge in [-0.1, -0.05) is 12.1 Å². The average molecular weight is 560 g/mol. The number of aliphatic hydroxyl groups is 1. The van der Waals surface area contributed by atoms with Crippen LogP contribution in [0, 0.1) is 11.8 Å². The summed E-state index contributed by atoms with van der Waals surface area (Å²) in [6.45, 7) is 11.1. The summed E-state index contributed by atoms with van der Waals surface area (Å²) in [6.07, 6.45) is 2.56. The lowest BCUT2D eigenvalue weighted by molar-refractivity contribution is -0.155. The molecule has 1 aromatic rings. The minimum atomic E-state index is -0.929. The Labute approximate surface area is 236 Å². The maximum Gasteiger partial charge on any atom is 0.407 e. The molecular weight excluding hydrogens is 514 g/mol. The van der Waals surface area contributed by atoms with E-state index in [9.17, 15) is 24.3 Å². The summed E-state index contributed by atoms with van der Waals surface area (Å²) in [5, 5.41) is 12.8. The lowest BCUT2D eigenvalue weighted by atomic mass is 9.75. The number of carbonyl (C=O) groups is 4. The van der Waals surface area contributed by atoms with Crippen LogP contribution < -0.4 is 11.1 Å². The van der Waals surface area contributed by atoms with E-state index in [0.29, 0.717) is 12.0 Å². The van der Waals surface area contributed by atoms with E-state index in [2.05, 4.69) is 5.32 Å². The molecule has 10 heteroatoms. The minimum absolute atomic E-state index is 0.0318. The van der Waals surface area contributed by atoms with Crippen LogP contribution in [0.4, 0.5) is 4.79 Å². The Morgan fingerprint density at radius 3 is 2.38 bits per heavy atom. The van der Waals surface area contributed by atoms with Crippen molar-refractivity contribution in [3.8, 4) is 0 Å². The molecule has 1 aliphatic heterocycles. The van der Waals surface area contributed by atoms with Crippen LogP contribution >= 0.6 is 0 Å². The van der Waals surface area contributed by atoms with E-state index in [1.54, 1.807) is 26.8 Å². The van der Waals surface area contributed by atoms with Crippen molar-refractivity contribution >= 4 is 23.9 Å². The number of hydrogen-bond donors (Lipinski definition) is 3. The molecule has 3 rings (SSSR count). The van der Waals surface area contributed by atoms with Crippen LogP contribution in [0.1, 0.15) is 95.1 Å². The predicted octanol–water partition coefficient (Wildman–Crippen LogP) is 3.46. The number of amides is 3. The van der Waals surface area contributed by atoms with E-state index in [4.69, 9.17) is 15.2 Å². The van der Waals surface area contributed by atoms with E-state index in [1.165, 1.54) is 4.90 Å². The van der Waals surface area contributed by atoms with Gasteiger partial charge in [0, 0.05) is 31.2 Å². The van der Waals surface area contributed by atoms with Crippen LogP contribution in [0.15, 0.2) is 18.2 Å². The SMILES string of the molecule is CC(C)(C)OC(=O)CC[C@@H](C(N)=O)N1Cc2cc(C[C@H]3CC(CO)CC[C@@H]3NC(=O)OC(C)(C)C)ccc2C1=O. The van der Waals surface area contributed by atoms with Gasteiger partial charge in [0.05, 0.1) is 0 Å². The molecule has 4 atom stereocenters. The largest absolute Gasteiger partial charge is 0.460 e. The Balaban J connectivity index is 1.71. The van der Waals surface area contributed by atoms with Gasteiger partial charge in [0.15, 0.2) is 0 Å².